The predicted octanol–water partition coefficient (Wildman–Crippen LogP) is 5.55. The van der Waals surface area contributed by atoms with Crippen LogP contribution in [0, 0.1) is 0 Å². The number of hydrogen-bond acceptors (Lipinski definition) is 1. The zero-order valence-electron chi connectivity index (χ0n) is 14.1. The fourth-order valence-electron chi connectivity index (χ4n) is 3.99. The van der Waals surface area contributed by atoms with Crippen LogP contribution in [-0.2, 0) is 17.6 Å². The van der Waals surface area contributed by atoms with Crippen LogP contribution in [0.3, 0.4) is 0 Å². The summed E-state index contributed by atoms with van der Waals surface area (Å²) in [5, 5.41) is 0. The molecule has 25 heavy (non-hydrogen) atoms. The molecule has 2 bridgehead atoms. The van der Waals surface area contributed by atoms with Crippen LogP contribution in [0.25, 0.3) is 0 Å². The molecule has 2 heterocycles. The molecular formula is C24H20O. The summed E-state index contributed by atoms with van der Waals surface area (Å²) in [5.74, 6) is 0. The molecule has 0 amide bonds. The highest BCUT2D eigenvalue weighted by molar-refractivity contribution is 5.50. The molecule has 0 aromatic heterocycles. The minimum atomic E-state index is 0.153. The second-order valence-corrected chi connectivity index (χ2v) is 6.94. The molecule has 0 saturated carbocycles. The summed E-state index contributed by atoms with van der Waals surface area (Å²) in [6, 6.07) is 26.2. The lowest BCUT2D eigenvalue weighted by Gasteiger charge is -2.16. The van der Waals surface area contributed by atoms with E-state index in [4.69, 9.17) is 4.74 Å². The van der Waals surface area contributed by atoms with Crippen molar-refractivity contribution in [2.75, 3.05) is 0 Å². The Hall–Kier alpha value is -2.64. The van der Waals surface area contributed by atoms with Crippen molar-refractivity contribution in [3.05, 3.63) is 118 Å². The van der Waals surface area contributed by atoms with Crippen molar-refractivity contribution in [1.82, 2.24) is 0 Å². The Balaban J connectivity index is 1.57. The molecule has 2 aliphatic rings. The van der Waals surface area contributed by atoms with E-state index in [2.05, 4.69) is 84.9 Å². The maximum Gasteiger partial charge on any atom is 0.102 e. The minimum Gasteiger partial charge on any atom is -0.357 e. The monoisotopic (exact) mass is 324 g/mol. The molecular weight excluding hydrogens is 304 g/mol. The van der Waals surface area contributed by atoms with Gasteiger partial charge in [-0.05, 0) is 46.2 Å². The maximum absolute atomic E-state index is 6.04. The first-order valence-electron chi connectivity index (χ1n) is 8.94. The SMILES string of the molecule is C1=CC2OC1c1cc(Cc3ccccc3)c(Cc3ccccc3)cc12. The van der Waals surface area contributed by atoms with Gasteiger partial charge in [-0.15, -0.1) is 0 Å². The van der Waals surface area contributed by atoms with Gasteiger partial charge in [0, 0.05) is 0 Å². The Labute approximate surface area is 148 Å². The van der Waals surface area contributed by atoms with Gasteiger partial charge in [-0.3, -0.25) is 0 Å². The van der Waals surface area contributed by atoms with Crippen LogP contribution in [0.4, 0.5) is 0 Å². The zero-order valence-corrected chi connectivity index (χ0v) is 14.1. The van der Waals surface area contributed by atoms with E-state index in [1.165, 1.54) is 33.4 Å². The maximum atomic E-state index is 6.04. The Kier molecular flexibility index (Phi) is 3.53. The van der Waals surface area contributed by atoms with Crippen molar-refractivity contribution in [2.24, 2.45) is 0 Å². The van der Waals surface area contributed by atoms with Gasteiger partial charge in [0.05, 0.1) is 0 Å². The fraction of sp³-hybridized carbons (Fsp3) is 0.167. The summed E-state index contributed by atoms with van der Waals surface area (Å²) < 4.78 is 6.04. The number of benzene rings is 3. The second-order valence-electron chi connectivity index (χ2n) is 6.94. The van der Waals surface area contributed by atoms with E-state index in [0.717, 1.165) is 12.8 Å². The lowest BCUT2D eigenvalue weighted by atomic mass is 9.87. The van der Waals surface area contributed by atoms with Crippen LogP contribution >= 0.6 is 0 Å². The summed E-state index contributed by atoms with van der Waals surface area (Å²) in [4.78, 5) is 0. The average Bonchev–Trinajstić information content (AvgIpc) is 3.26. The molecule has 0 aliphatic carbocycles. The summed E-state index contributed by atoms with van der Waals surface area (Å²) in [6.07, 6.45) is 6.63. The van der Waals surface area contributed by atoms with Crippen LogP contribution in [0.2, 0.25) is 0 Å². The second kappa shape index (κ2) is 6.02. The van der Waals surface area contributed by atoms with Gasteiger partial charge in [0.15, 0.2) is 0 Å². The lowest BCUT2D eigenvalue weighted by molar-refractivity contribution is 0.0878. The molecule has 2 aliphatic heterocycles. The first-order valence-corrected chi connectivity index (χ1v) is 8.94. The smallest absolute Gasteiger partial charge is 0.102 e. The molecule has 0 N–H and O–H groups in total. The van der Waals surface area contributed by atoms with E-state index in [9.17, 15) is 0 Å². The molecule has 2 atom stereocenters. The lowest BCUT2D eigenvalue weighted by Crippen LogP contribution is -2.03. The predicted molar refractivity (Wildman–Crippen MR) is 101 cm³/mol. The Morgan fingerprint density at radius 2 is 1.04 bits per heavy atom. The number of fused-ring (bicyclic) bond motifs is 5. The third kappa shape index (κ3) is 2.71. The van der Waals surface area contributed by atoms with E-state index in [1.54, 1.807) is 0 Å². The van der Waals surface area contributed by atoms with Crippen molar-refractivity contribution in [1.29, 1.82) is 0 Å². The van der Waals surface area contributed by atoms with Gasteiger partial charge < -0.3 is 4.74 Å². The summed E-state index contributed by atoms with van der Waals surface area (Å²) in [5.41, 5.74) is 8.26. The molecule has 122 valence electrons. The number of hydrogen-bond donors (Lipinski definition) is 0. The van der Waals surface area contributed by atoms with Gasteiger partial charge in [-0.25, -0.2) is 0 Å². The molecule has 3 aromatic carbocycles. The van der Waals surface area contributed by atoms with E-state index in [1.807, 2.05) is 0 Å². The van der Waals surface area contributed by atoms with E-state index >= 15 is 0 Å². The molecule has 0 radical (unpaired) electrons. The zero-order chi connectivity index (χ0) is 16.6. The van der Waals surface area contributed by atoms with E-state index in [0.29, 0.717) is 0 Å². The van der Waals surface area contributed by atoms with Crippen molar-refractivity contribution in [2.45, 2.75) is 25.0 Å². The molecule has 1 nitrogen and oxygen atoms in total. The van der Waals surface area contributed by atoms with Gasteiger partial charge in [-0.1, -0.05) is 84.9 Å². The van der Waals surface area contributed by atoms with Crippen molar-refractivity contribution in [3.8, 4) is 0 Å². The summed E-state index contributed by atoms with van der Waals surface area (Å²) in [6.45, 7) is 0. The Morgan fingerprint density at radius 3 is 1.48 bits per heavy atom. The highest BCUT2D eigenvalue weighted by Crippen LogP contribution is 2.47. The minimum absolute atomic E-state index is 0.153. The first kappa shape index (κ1) is 14.7. The van der Waals surface area contributed by atoms with Crippen LogP contribution in [0.1, 0.15) is 45.6 Å². The largest absolute Gasteiger partial charge is 0.357 e. The third-order valence-corrected chi connectivity index (χ3v) is 5.25. The van der Waals surface area contributed by atoms with Crippen LogP contribution in [0.5, 0.6) is 0 Å². The standard InChI is InChI=1S/C24H20O/c1-3-7-17(8-4-1)13-19-15-21-22(24-12-11-23(21)25-24)16-20(19)14-18-9-5-2-6-10-18/h1-12,15-16,23-24H,13-14H2. The highest BCUT2D eigenvalue weighted by atomic mass is 16.5. The van der Waals surface area contributed by atoms with Gasteiger partial charge in [0.25, 0.3) is 0 Å². The third-order valence-electron chi connectivity index (χ3n) is 5.25. The van der Waals surface area contributed by atoms with Crippen LogP contribution in [0.15, 0.2) is 84.9 Å². The molecule has 5 rings (SSSR count). The highest BCUT2D eigenvalue weighted by Gasteiger charge is 2.34. The summed E-state index contributed by atoms with van der Waals surface area (Å²) >= 11 is 0. The molecule has 3 aromatic rings. The molecule has 0 saturated heterocycles. The van der Waals surface area contributed by atoms with Gasteiger partial charge in [0.1, 0.15) is 12.2 Å². The quantitative estimate of drug-likeness (QED) is 0.572. The summed E-state index contributed by atoms with van der Waals surface area (Å²) in [7, 11) is 0. The number of rotatable bonds is 4. The van der Waals surface area contributed by atoms with Gasteiger partial charge in [0.2, 0.25) is 0 Å². The average molecular weight is 324 g/mol. The molecule has 1 heteroatoms. The van der Waals surface area contributed by atoms with Gasteiger partial charge >= 0.3 is 0 Å². The normalized spacial score (nSPS) is 20.0. The molecule has 2 unspecified atom stereocenters. The van der Waals surface area contributed by atoms with Crippen molar-refractivity contribution < 1.29 is 4.74 Å². The van der Waals surface area contributed by atoms with Crippen LogP contribution in [-0.4, -0.2) is 0 Å². The van der Waals surface area contributed by atoms with Crippen molar-refractivity contribution in [3.63, 3.8) is 0 Å². The molecule has 0 fully saturated rings. The van der Waals surface area contributed by atoms with Gasteiger partial charge in [-0.2, -0.15) is 0 Å². The van der Waals surface area contributed by atoms with Crippen molar-refractivity contribution >= 4 is 0 Å². The Bertz CT molecular complexity index is 849. The number of ether oxygens (including phenoxy) is 1. The molecule has 0 spiro atoms. The first-order chi connectivity index (χ1) is 12.4. The van der Waals surface area contributed by atoms with E-state index in [-0.39, 0.29) is 12.2 Å². The fourth-order valence-corrected chi connectivity index (χ4v) is 3.99. The van der Waals surface area contributed by atoms with E-state index < -0.39 is 0 Å². The topological polar surface area (TPSA) is 9.23 Å². The Morgan fingerprint density at radius 1 is 0.600 bits per heavy atom. The van der Waals surface area contributed by atoms with Crippen LogP contribution < -0.4 is 0 Å².